The van der Waals surface area contributed by atoms with Crippen LogP contribution in [0.4, 0.5) is 26.3 Å². The molecule has 3 aliphatic rings. The number of nitrogens with zero attached hydrogens (tertiary/aromatic N) is 1. The lowest BCUT2D eigenvalue weighted by atomic mass is 9.87. The second-order valence-electron chi connectivity index (χ2n) is 10.6. The van der Waals surface area contributed by atoms with Crippen molar-refractivity contribution in [3.8, 4) is 5.75 Å². The Morgan fingerprint density at radius 1 is 0.868 bits per heavy atom. The maximum atomic E-state index is 14.2. The summed E-state index contributed by atoms with van der Waals surface area (Å²) >= 11 is 0. The number of halogens is 6. The first-order valence-corrected chi connectivity index (χ1v) is 12.8. The van der Waals surface area contributed by atoms with Crippen LogP contribution in [-0.4, -0.2) is 46.2 Å². The van der Waals surface area contributed by atoms with Gasteiger partial charge >= 0.3 is 18.3 Å². The highest BCUT2D eigenvalue weighted by molar-refractivity contribution is 6.00. The number of piperidine rings is 1. The average Bonchev–Trinajstić information content (AvgIpc) is 3.10. The molecule has 0 spiro atoms. The fourth-order valence-electron chi connectivity index (χ4n) is 6.38. The van der Waals surface area contributed by atoms with Crippen LogP contribution >= 0.6 is 0 Å². The molecule has 2 bridgehead atoms. The van der Waals surface area contributed by atoms with Gasteiger partial charge in [0.15, 0.2) is 0 Å². The molecule has 206 valence electrons. The molecule has 1 amide bonds. The van der Waals surface area contributed by atoms with E-state index in [0.29, 0.717) is 25.7 Å². The Labute approximate surface area is 214 Å². The van der Waals surface area contributed by atoms with Crippen molar-refractivity contribution >= 4 is 22.6 Å². The number of hydrogen-bond acceptors (Lipinski definition) is 3. The highest BCUT2D eigenvalue weighted by Gasteiger charge is 2.46. The van der Waals surface area contributed by atoms with E-state index in [2.05, 4.69) is 0 Å². The van der Waals surface area contributed by atoms with Crippen molar-refractivity contribution in [3.63, 3.8) is 0 Å². The Balaban J connectivity index is 1.39. The van der Waals surface area contributed by atoms with Crippen molar-refractivity contribution < 1.29 is 45.8 Å². The van der Waals surface area contributed by atoms with Crippen LogP contribution in [0.25, 0.3) is 10.8 Å². The van der Waals surface area contributed by atoms with Crippen molar-refractivity contribution in [2.75, 3.05) is 0 Å². The van der Waals surface area contributed by atoms with E-state index < -0.39 is 47.6 Å². The van der Waals surface area contributed by atoms with Crippen molar-refractivity contribution in [2.24, 2.45) is 11.8 Å². The highest BCUT2D eigenvalue weighted by Crippen LogP contribution is 2.45. The number of carbonyl (C=O) groups is 2. The first-order chi connectivity index (χ1) is 17.8. The number of hydrogen-bond donors (Lipinski definition) is 1. The van der Waals surface area contributed by atoms with E-state index in [4.69, 9.17) is 4.74 Å². The van der Waals surface area contributed by atoms with Crippen LogP contribution in [0.2, 0.25) is 0 Å². The van der Waals surface area contributed by atoms with Gasteiger partial charge in [0.1, 0.15) is 11.3 Å². The summed E-state index contributed by atoms with van der Waals surface area (Å²) in [4.78, 5) is 26.5. The number of carboxylic acid groups (broad SMARTS) is 1. The number of carboxylic acids is 1. The predicted molar refractivity (Wildman–Crippen MR) is 125 cm³/mol. The molecule has 5 rings (SSSR count). The number of ether oxygens (including phenoxy) is 1. The summed E-state index contributed by atoms with van der Waals surface area (Å²) in [5.74, 6) is -3.63. The van der Waals surface area contributed by atoms with E-state index in [9.17, 15) is 41.0 Å². The minimum atomic E-state index is -4.79. The first-order valence-electron chi connectivity index (χ1n) is 12.8. The van der Waals surface area contributed by atoms with Gasteiger partial charge in [0.2, 0.25) is 0 Å². The second kappa shape index (κ2) is 9.64. The van der Waals surface area contributed by atoms with Gasteiger partial charge < -0.3 is 14.7 Å². The van der Waals surface area contributed by atoms with Crippen LogP contribution < -0.4 is 4.74 Å². The maximum Gasteiger partial charge on any atom is 0.420 e. The minimum Gasteiger partial charge on any atom is -0.490 e. The molecular formula is C27H27F6NO4. The molecule has 11 heteroatoms. The van der Waals surface area contributed by atoms with E-state index in [1.165, 1.54) is 24.3 Å². The molecule has 38 heavy (non-hydrogen) atoms. The fraction of sp³-hybridized carbons (Fsp3) is 0.556. The van der Waals surface area contributed by atoms with E-state index in [-0.39, 0.29) is 60.0 Å². The molecule has 2 aromatic carbocycles. The van der Waals surface area contributed by atoms with Gasteiger partial charge in [-0.1, -0.05) is 12.1 Å². The number of benzene rings is 2. The van der Waals surface area contributed by atoms with Gasteiger partial charge in [0.25, 0.3) is 5.91 Å². The fourth-order valence-corrected chi connectivity index (χ4v) is 6.38. The third-order valence-corrected chi connectivity index (χ3v) is 8.26. The molecule has 1 N–H and O–H groups in total. The topological polar surface area (TPSA) is 66.8 Å². The van der Waals surface area contributed by atoms with Gasteiger partial charge in [-0.3, -0.25) is 9.59 Å². The molecule has 1 saturated carbocycles. The van der Waals surface area contributed by atoms with Gasteiger partial charge in [-0.15, -0.1) is 0 Å². The number of fused-ring (bicyclic) bond motifs is 3. The number of rotatable bonds is 4. The Hall–Kier alpha value is -2.98. The standard InChI is InChI=1S/C27H27F6NO4/c28-26(29,30)17-3-7-20(8-4-17)38-22-10-2-14-11-15(1-9-21(14)23(22)27(31,32)33)24(35)34-18-5-6-19(34)13-16(12-18)25(36)37/h1-2,9-11,16-20H,3-8,12-13H2,(H,36,37)/t16?,17-,18?,19?,20+. The molecule has 2 saturated heterocycles. The molecular weight excluding hydrogens is 516 g/mol. The van der Waals surface area contributed by atoms with Gasteiger partial charge in [-0.2, -0.15) is 26.3 Å². The summed E-state index contributed by atoms with van der Waals surface area (Å²) in [5, 5.41) is 9.39. The zero-order chi connectivity index (χ0) is 27.4. The molecule has 0 aromatic heterocycles. The van der Waals surface area contributed by atoms with Crippen molar-refractivity contribution in [1.29, 1.82) is 0 Å². The molecule has 0 radical (unpaired) electrons. The molecule has 3 fully saturated rings. The summed E-state index contributed by atoms with van der Waals surface area (Å²) in [6.45, 7) is 0. The number of amides is 1. The van der Waals surface area contributed by atoms with Gasteiger partial charge in [0.05, 0.1) is 17.9 Å². The van der Waals surface area contributed by atoms with Crippen molar-refractivity contribution in [1.82, 2.24) is 4.90 Å². The normalized spacial score (nSPS) is 27.9. The molecule has 2 unspecified atom stereocenters. The van der Waals surface area contributed by atoms with Gasteiger partial charge in [0, 0.05) is 17.6 Å². The number of alkyl halides is 6. The van der Waals surface area contributed by atoms with E-state index in [1.807, 2.05) is 0 Å². The molecule has 2 aromatic rings. The highest BCUT2D eigenvalue weighted by atomic mass is 19.4. The van der Waals surface area contributed by atoms with E-state index in [1.54, 1.807) is 4.90 Å². The maximum absolute atomic E-state index is 14.2. The molecule has 2 atom stereocenters. The smallest absolute Gasteiger partial charge is 0.420 e. The summed E-state index contributed by atoms with van der Waals surface area (Å²) < 4.78 is 87.0. The molecule has 1 aliphatic carbocycles. The van der Waals surface area contributed by atoms with Crippen LogP contribution in [0, 0.1) is 11.8 Å². The van der Waals surface area contributed by atoms with Crippen LogP contribution in [0.3, 0.4) is 0 Å². The quantitative estimate of drug-likeness (QED) is 0.430. The first kappa shape index (κ1) is 26.6. The Morgan fingerprint density at radius 2 is 1.50 bits per heavy atom. The predicted octanol–water partition coefficient (Wildman–Crippen LogP) is 6.83. The summed E-state index contributed by atoms with van der Waals surface area (Å²) in [5.41, 5.74) is -0.801. The van der Waals surface area contributed by atoms with Crippen LogP contribution in [0.15, 0.2) is 30.3 Å². The van der Waals surface area contributed by atoms with Crippen molar-refractivity contribution in [3.05, 3.63) is 41.5 Å². The van der Waals surface area contributed by atoms with Crippen LogP contribution in [0.5, 0.6) is 5.75 Å². The lowest BCUT2D eigenvalue weighted by Gasteiger charge is -2.37. The van der Waals surface area contributed by atoms with E-state index in [0.717, 1.165) is 6.07 Å². The van der Waals surface area contributed by atoms with Gasteiger partial charge in [-0.25, -0.2) is 0 Å². The molecule has 5 nitrogen and oxygen atoms in total. The summed E-state index contributed by atoms with van der Waals surface area (Å²) in [6, 6.07) is 6.11. The number of carbonyl (C=O) groups excluding carboxylic acids is 1. The zero-order valence-electron chi connectivity index (χ0n) is 20.3. The largest absolute Gasteiger partial charge is 0.490 e. The minimum absolute atomic E-state index is 0.00779. The monoisotopic (exact) mass is 543 g/mol. The SMILES string of the molecule is O=C(O)C1CC2CCC(C1)N2C(=O)c1ccc2c(C(F)(F)F)c(O[C@H]3CC[C@@H](C(F)(F)F)CC3)ccc2c1. The Bertz CT molecular complexity index is 1220. The zero-order valence-corrected chi connectivity index (χ0v) is 20.3. The Kier molecular flexibility index (Phi) is 6.76. The second-order valence-corrected chi connectivity index (χ2v) is 10.6. The van der Waals surface area contributed by atoms with Gasteiger partial charge in [-0.05, 0) is 80.3 Å². The lowest BCUT2D eigenvalue weighted by molar-refractivity contribution is -0.185. The Morgan fingerprint density at radius 3 is 2.05 bits per heavy atom. The molecule has 2 heterocycles. The lowest BCUT2D eigenvalue weighted by Crippen LogP contribution is -2.47. The third-order valence-electron chi connectivity index (χ3n) is 8.26. The number of aliphatic carboxylic acids is 1. The molecule has 2 aliphatic heterocycles. The average molecular weight is 544 g/mol. The summed E-state index contributed by atoms with van der Waals surface area (Å²) in [6.07, 6.45) is -8.15. The summed E-state index contributed by atoms with van der Waals surface area (Å²) in [7, 11) is 0. The van der Waals surface area contributed by atoms with E-state index >= 15 is 0 Å². The third kappa shape index (κ3) is 5.03. The van der Waals surface area contributed by atoms with Crippen LogP contribution in [-0.2, 0) is 11.0 Å². The van der Waals surface area contributed by atoms with Crippen LogP contribution in [0.1, 0.15) is 67.3 Å². The van der Waals surface area contributed by atoms with Crippen molar-refractivity contribution in [2.45, 2.75) is 81.9 Å².